The molecular weight excluding hydrogens is 448 g/mol. The topological polar surface area (TPSA) is 136 Å². The molecule has 4 rings (SSSR count). The van der Waals surface area contributed by atoms with E-state index in [0.717, 1.165) is 18.4 Å². The van der Waals surface area contributed by atoms with E-state index in [0.29, 0.717) is 24.3 Å². The monoisotopic (exact) mass is 470 g/mol. The summed E-state index contributed by atoms with van der Waals surface area (Å²) < 4.78 is 3.02. The first-order valence-electron chi connectivity index (χ1n) is 11.2. The number of hydrogen-bond acceptors (Lipinski definition) is 6. The normalized spacial score (nSPS) is 11.6. The largest absolute Gasteiger partial charge is 0.309 e. The van der Waals surface area contributed by atoms with E-state index in [1.807, 2.05) is 26.0 Å². The van der Waals surface area contributed by atoms with Gasteiger partial charge in [0.15, 0.2) is 5.49 Å². The number of benzene rings is 1. The molecule has 0 radical (unpaired) electrons. The van der Waals surface area contributed by atoms with Crippen LogP contribution in [0.25, 0.3) is 16.7 Å². The predicted molar refractivity (Wildman–Crippen MR) is 129 cm³/mol. The van der Waals surface area contributed by atoms with Crippen molar-refractivity contribution in [1.82, 2.24) is 14.0 Å². The van der Waals surface area contributed by atoms with E-state index >= 15 is 0 Å². The number of aryl methyl sites for hydroxylation is 2. The number of rotatable bonds is 6. The van der Waals surface area contributed by atoms with Gasteiger partial charge in [0, 0.05) is 18.8 Å². The maximum absolute atomic E-state index is 13.3. The van der Waals surface area contributed by atoms with Gasteiger partial charge in [-0.1, -0.05) is 38.0 Å². The molecule has 0 N–H and O–H groups in total. The molecule has 0 saturated heterocycles. The molecule has 0 fully saturated rings. The zero-order valence-electron chi connectivity index (χ0n) is 19.3. The summed E-state index contributed by atoms with van der Waals surface area (Å²) >= 11 is 0. The maximum atomic E-state index is 13.3. The van der Waals surface area contributed by atoms with Gasteiger partial charge in [0.1, 0.15) is 22.9 Å². The number of pyridine rings is 2. The van der Waals surface area contributed by atoms with Gasteiger partial charge in [-0.05, 0) is 37.1 Å². The van der Waals surface area contributed by atoms with Crippen LogP contribution in [0.5, 0.6) is 0 Å². The number of carbonyl (C=O) groups excluding carboxylic acids is 1. The number of nitro groups is 1. The number of carbonyl (C=O) groups is 1. The van der Waals surface area contributed by atoms with Gasteiger partial charge < -0.3 is 4.57 Å². The molecule has 0 aliphatic carbocycles. The van der Waals surface area contributed by atoms with Crippen LogP contribution < -0.4 is 11.0 Å². The van der Waals surface area contributed by atoms with E-state index in [1.165, 1.54) is 34.7 Å². The summed E-state index contributed by atoms with van der Waals surface area (Å²) in [7, 11) is 0. The minimum atomic E-state index is -0.855. The maximum Gasteiger partial charge on any atom is 0.285 e. The van der Waals surface area contributed by atoms with Crippen LogP contribution in [-0.4, -0.2) is 24.8 Å². The van der Waals surface area contributed by atoms with E-state index in [1.54, 1.807) is 16.8 Å². The van der Waals surface area contributed by atoms with Gasteiger partial charge in [-0.15, -0.1) is 0 Å². The van der Waals surface area contributed by atoms with E-state index in [-0.39, 0.29) is 33.2 Å². The van der Waals surface area contributed by atoms with Crippen LogP contribution in [0.2, 0.25) is 0 Å². The molecule has 0 aliphatic rings. The third kappa shape index (κ3) is 4.31. The second kappa shape index (κ2) is 9.69. The zero-order chi connectivity index (χ0) is 25.1. The minimum absolute atomic E-state index is 0.00688. The molecule has 3 aromatic heterocycles. The Kier molecular flexibility index (Phi) is 6.51. The highest BCUT2D eigenvalue weighted by Crippen LogP contribution is 2.19. The second-order valence-electron chi connectivity index (χ2n) is 8.08. The van der Waals surface area contributed by atoms with Crippen LogP contribution in [0.15, 0.2) is 58.4 Å². The van der Waals surface area contributed by atoms with Crippen LogP contribution >= 0.6 is 0 Å². The molecule has 1 aromatic carbocycles. The van der Waals surface area contributed by atoms with Gasteiger partial charge in [-0.25, -0.2) is 4.98 Å². The van der Waals surface area contributed by atoms with Crippen molar-refractivity contribution in [2.45, 2.75) is 39.7 Å². The first-order chi connectivity index (χ1) is 16.9. The molecule has 0 bridgehead atoms. The number of fused-ring (bicyclic) bond motifs is 2. The Hall–Kier alpha value is -4.65. The molecule has 10 heteroatoms. The molecule has 35 heavy (non-hydrogen) atoms. The van der Waals surface area contributed by atoms with Gasteiger partial charge in [-0.2, -0.15) is 10.3 Å². The summed E-state index contributed by atoms with van der Waals surface area (Å²) in [5.74, 6) is -0.855. The third-order valence-electron chi connectivity index (χ3n) is 5.75. The number of nitro benzene ring substituents is 1. The highest BCUT2D eigenvalue weighted by molar-refractivity contribution is 5.98. The van der Waals surface area contributed by atoms with Gasteiger partial charge in [-0.3, -0.25) is 24.1 Å². The molecule has 1 amide bonds. The zero-order valence-corrected chi connectivity index (χ0v) is 19.3. The van der Waals surface area contributed by atoms with E-state index < -0.39 is 10.8 Å². The Balaban J connectivity index is 2.09. The Morgan fingerprint density at radius 1 is 1.20 bits per heavy atom. The summed E-state index contributed by atoms with van der Waals surface area (Å²) in [4.78, 5) is 46.0. The highest BCUT2D eigenvalue weighted by atomic mass is 16.6. The number of nitrogens with zero attached hydrogens (tertiary/aromatic N) is 6. The van der Waals surface area contributed by atoms with Crippen LogP contribution in [0, 0.1) is 28.4 Å². The number of unbranched alkanes of at least 4 members (excludes halogenated alkanes) is 2. The van der Waals surface area contributed by atoms with Crippen molar-refractivity contribution in [2.24, 2.45) is 4.99 Å². The average Bonchev–Trinajstić information content (AvgIpc) is 2.85. The molecule has 176 valence electrons. The van der Waals surface area contributed by atoms with Crippen LogP contribution in [0.1, 0.15) is 47.7 Å². The number of amides is 1. The standard InChI is InChI=1S/C25H22N6O4/c1-3-4-7-12-29-22(28-24(32)18-10-5-6-11-20(18)31(34)35)17(15-26)14-19-23(29)27-21-16(2)9-8-13-30(21)25(19)33/h5-6,8-11,13-14H,3-4,7,12H2,1-2H3. The van der Waals surface area contributed by atoms with Crippen LogP contribution in [-0.2, 0) is 6.54 Å². The minimum Gasteiger partial charge on any atom is -0.309 e. The summed E-state index contributed by atoms with van der Waals surface area (Å²) in [6, 6.07) is 12.5. The van der Waals surface area contributed by atoms with Crippen molar-refractivity contribution in [3.8, 4) is 6.07 Å². The molecular formula is C25H22N6O4. The molecule has 0 spiro atoms. The van der Waals surface area contributed by atoms with Crippen molar-refractivity contribution < 1.29 is 9.72 Å². The SMILES string of the molecule is CCCCCn1c(=NC(=O)c2ccccc2[N+](=O)[O-])c(C#N)cc2c(=O)n3cccc(C)c3nc21. The number of hydrogen-bond donors (Lipinski definition) is 0. The lowest BCUT2D eigenvalue weighted by atomic mass is 10.1. The molecule has 0 saturated carbocycles. The Labute approximate surface area is 199 Å². The van der Waals surface area contributed by atoms with Crippen molar-refractivity contribution in [1.29, 1.82) is 5.26 Å². The Morgan fingerprint density at radius 3 is 2.69 bits per heavy atom. The van der Waals surface area contributed by atoms with Crippen LogP contribution in [0.3, 0.4) is 0 Å². The summed E-state index contributed by atoms with van der Waals surface area (Å²) in [5.41, 5.74) is 0.650. The predicted octanol–water partition coefficient (Wildman–Crippen LogP) is 3.67. The van der Waals surface area contributed by atoms with Gasteiger partial charge in [0.05, 0.1) is 15.9 Å². The number of aromatic nitrogens is 3. The number of nitriles is 1. The fourth-order valence-corrected chi connectivity index (χ4v) is 3.99. The van der Waals surface area contributed by atoms with Crippen molar-refractivity contribution in [3.05, 3.63) is 91.3 Å². The number of para-hydroxylation sites is 1. The first-order valence-corrected chi connectivity index (χ1v) is 11.2. The molecule has 4 aromatic rings. The second-order valence-corrected chi connectivity index (χ2v) is 8.08. The Bertz CT molecular complexity index is 1660. The molecule has 0 aliphatic heterocycles. The fraction of sp³-hybridized carbons (Fsp3) is 0.240. The lowest BCUT2D eigenvalue weighted by molar-refractivity contribution is -0.385. The summed E-state index contributed by atoms with van der Waals surface area (Å²) in [6.45, 7) is 4.23. The summed E-state index contributed by atoms with van der Waals surface area (Å²) in [6.07, 6.45) is 4.10. The van der Waals surface area contributed by atoms with Gasteiger partial charge in [0.25, 0.3) is 17.2 Å². The molecule has 0 atom stereocenters. The quantitative estimate of drug-likeness (QED) is 0.183. The smallest absolute Gasteiger partial charge is 0.285 e. The van der Waals surface area contributed by atoms with E-state index in [4.69, 9.17) is 4.98 Å². The lowest BCUT2D eigenvalue weighted by Crippen LogP contribution is -2.30. The average molecular weight is 470 g/mol. The third-order valence-corrected chi connectivity index (χ3v) is 5.75. The van der Waals surface area contributed by atoms with Crippen molar-refractivity contribution in [3.63, 3.8) is 0 Å². The Morgan fingerprint density at radius 2 is 1.97 bits per heavy atom. The van der Waals surface area contributed by atoms with Crippen LogP contribution in [0.4, 0.5) is 5.69 Å². The van der Waals surface area contributed by atoms with Gasteiger partial charge in [0.2, 0.25) is 0 Å². The molecule has 3 heterocycles. The molecule has 0 unspecified atom stereocenters. The lowest BCUT2D eigenvalue weighted by Gasteiger charge is -2.14. The van der Waals surface area contributed by atoms with Crippen molar-refractivity contribution in [2.75, 3.05) is 0 Å². The fourth-order valence-electron chi connectivity index (χ4n) is 3.99. The van der Waals surface area contributed by atoms with E-state index in [9.17, 15) is 25.0 Å². The first kappa shape index (κ1) is 23.5. The summed E-state index contributed by atoms with van der Waals surface area (Å²) in [5, 5.41) is 21.5. The van der Waals surface area contributed by atoms with E-state index in [2.05, 4.69) is 4.99 Å². The van der Waals surface area contributed by atoms with Crippen molar-refractivity contribution >= 4 is 28.3 Å². The highest BCUT2D eigenvalue weighted by Gasteiger charge is 2.20. The van der Waals surface area contributed by atoms with Gasteiger partial charge >= 0.3 is 0 Å². The molecule has 10 nitrogen and oxygen atoms in total.